The second-order valence-electron chi connectivity index (χ2n) is 4.76. The molecule has 0 unspecified atom stereocenters. The molecule has 3 heterocycles. The summed E-state index contributed by atoms with van der Waals surface area (Å²) in [6.07, 6.45) is 7.99. The van der Waals surface area contributed by atoms with E-state index in [4.69, 9.17) is 4.42 Å². The number of aromatic nitrogens is 3. The molecule has 0 atom stereocenters. The highest BCUT2D eigenvalue weighted by molar-refractivity contribution is 5.91. The van der Waals surface area contributed by atoms with Gasteiger partial charge in [-0.15, -0.1) is 0 Å². The van der Waals surface area contributed by atoms with Crippen LogP contribution in [0.15, 0.2) is 59.7 Å². The van der Waals surface area contributed by atoms with Crippen molar-refractivity contribution in [2.75, 3.05) is 5.32 Å². The molecule has 0 aliphatic carbocycles. The molecular formula is C16H15N5O2. The van der Waals surface area contributed by atoms with Gasteiger partial charge in [0.2, 0.25) is 0 Å². The van der Waals surface area contributed by atoms with Crippen molar-refractivity contribution in [2.45, 2.75) is 13.1 Å². The van der Waals surface area contributed by atoms with Gasteiger partial charge in [-0.1, -0.05) is 0 Å². The monoisotopic (exact) mass is 309 g/mol. The fourth-order valence-corrected chi connectivity index (χ4v) is 1.90. The Balaban J connectivity index is 1.53. The molecule has 0 spiro atoms. The quantitative estimate of drug-likeness (QED) is 0.723. The molecule has 23 heavy (non-hydrogen) atoms. The first kappa shape index (κ1) is 14.7. The number of nitrogens with zero attached hydrogens (tertiary/aromatic N) is 3. The van der Waals surface area contributed by atoms with E-state index in [0.29, 0.717) is 24.7 Å². The molecule has 0 saturated carbocycles. The van der Waals surface area contributed by atoms with Crippen molar-refractivity contribution in [3.05, 3.63) is 72.3 Å². The van der Waals surface area contributed by atoms with Gasteiger partial charge in [0.25, 0.3) is 5.91 Å². The number of amides is 1. The Bertz CT molecular complexity index is 742. The van der Waals surface area contributed by atoms with Crippen LogP contribution in [0.3, 0.4) is 0 Å². The summed E-state index contributed by atoms with van der Waals surface area (Å²) in [4.78, 5) is 24.2. The minimum absolute atomic E-state index is 0.256. The number of anilines is 1. The van der Waals surface area contributed by atoms with Gasteiger partial charge in [0.1, 0.15) is 17.3 Å². The number of carbonyl (C=O) groups is 1. The van der Waals surface area contributed by atoms with Gasteiger partial charge in [-0.05, 0) is 29.8 Å². The Morgan fingerprint density at radius 2 is 1.96 bits per heavy atom. The van der Waals surface area contributed by atoms with Crippen LogP contribution in [0.25, 0.3) is 0 Å². The number of furan rings is 1. The maximum absolute atomic E-state index is 11.9. The lowest BCUT2D eigenvalue weighted by Crippen LogP contribution is -2.23. The van der Waals surface area contributed by atoms with E-state index in [1.807, 2.05) is 12.1 Å². The van der Waals surface area contributed by atoms with E-state index in [2.05, 4.69) is 25.6 Å². The molecule has 0 radical (unpaired) electrons. The van der Waals surface area contributed by atoms with E-state index in [-0.39, 0.29) is 11.6 Å². The molecule has 0 aromatic carbocycles. The molecule has 0 fully saturated rings. The van der Waals surface area contributed by atoms with Gasteiger partial charge in [0.05, 0.1) is 25.2 Å². The number of carbonyl (C=O) groups excluding carboxylic acids is 1. The van der Waals surface area contributed by atoms with E-state index in [1.165, 1.54) is 12.4 Å². The number of nitrogens with one attached hydrogen (secondary N) is 2. The molecule has 7 nitrogen and oxygen atoms in total. The van der Waals surface area contributed by atoms with E-state index in [9.17, 15) is 4.79 Å². The van der Waals surface area contributed by atoms with Crippen LogP contribution in [0.1, 0.15) is 21.8 Å². The largest absolute Gasteiger partial charge is 0.467 e. The lowest BCUT2D eigenvalue weighted by Gasteiger charge is -2.06. The zero-order chi connectivity index (χ0) is 15.9. The first-order chi connectivity index (χ1) is 11.3. The van der Waals surface area contributed by atoms with Crippen molar-refractivity contribution < 1.29 is 9.21 Å². The van der Waals surface area contributed by atoms with Gasteiger partial charge in [0, 0.05) is 18.9 Å². The Morgan fingerprint density at radius 1 is 1.09 bits per heavy atom. The number of hydrogen-bond donors (Lipinski definition) is 2. The molecule has 7 heteroatoms. The van der Waals surface area contributed by atoms with Crippen molar-refractivity contribution in [1.82, 2.24) is 20.3 Å². The van der Waals surface area contributed by atoms with Crippen molar-refractivity contribution in [1.29, 1.82) is 0 Å². The SMILES string of the molecule is O=C(NCc1ccco1)c1cnc(NCc2ccncc2)cn1. The molecule has 116 valence electrons. The molecule has 0 bridgehead atoms. The van der Waals surface area contributed by atoms with Gasteiger partial charge in [-0.2, -0.15) is 0 Å². The Morgan fingerprint density at radius 3 is 2.65 bits per heavy atom. The lowest BCUT2D eigenvalue weighted by atomic mass is 10.3. The van der Waals surface area contributed by atoms with Gasteiger partial charge >= 0.3 is 0 Å². The summed E-state index contributed by atoms with van der Waals surface area (Å²) >= 11 is 0. The first-order valence-corrected chi connectivity index (χ1v) is 7.06. The highest BCUT2D eigenvalue weighted by atomic mass is 16.3. The molecular weight excluding hydrogens is 294 g/mol. The van der Waals surface area contributed by atoms with E-state index in [1.54, 1.807) is 30.8 Å². The van der Waals surface area contributed by atoms with E-state index < -0.39 is 0 Å². The second kappa shape index (κ2) is 7.17. The van der Waals surface area contributed by atoms with Crippen molar-refractivity contribution in [2.24, 2.45) is 0 Å². The number of hydrogen-bond acceptors (Lipinski definition) is 6. The average molecular weight is 309 g/mol. The minimum Gasteiger partial charge on any atom is -0.467 e. The summed E-state index contributed by atoms with van der Waals surface area (Å²) in [6, 6.07) is 7.39. The van der Waals surface area contributed by atoms with Gasteiger partial charge in [0.15, 0.2) is 0 Å². The normalized spacial score (nSPS) is 10.3. The molecule has 3 aromatic rings. The molecule has 3 rings (SSSR count). The molecule has 3 aromatic heterocycles. The summed E-state index contributed by atoms with van der Waals surface area (Å²) in [5, 5.41) is 5.85. The average Bonchev–Trinajstić information content (AvgIpc) is 3.13. The zero-order valence-corrected chi connectivity index (χ0v) is 12.3. The van der Waals surface area contributed by atoms with Crippen LogP contribution >= 0.6 is 0 Å². The van der Waals surface area contributed by atoms with Crippen LogP contribution in [0.4, 0.5) is 5.82 Å². The van der Waals surface area contributed by atoms with E-state index >= 15 is 0 Å². The van der Waals surface area contributed by atoms with Crippen LogP contribution < -0.4 is 10.6 Å². The van der Waals surface area contributed by atoms with Crippen molar-refractivity contribution in [3.8, 4) is 0 Å². The molecule has 0 saturated heterocycles. The van der Waals surface area contributed by atoms with E-state index in [0.717, 1.165) is 5.56 Å². The fraction of sp³-hybridized carbons (Fsp3) is 0.125. The van der Waals surface area contributed by atoms with Crippen LogP contribution in [-0.4, -0.2) is 20.9 Å². The fourth-order valence-electron chi connectivity index (χ4n) is 1.90. The summed E-state index contributed by atoms with van der Waals surface area (Å²) < 4.78 is 5.15. The third-order valence-corrected chi connectivity index (χ3v) is 3.11. The Kier molecular flexibility index (Phi) is 4.58. The molecule has 2 N–H and O–H groups in total. The standard InChI is InChI=1S/C16H15N5O2/c22-16(21-9-13-2-1-7-23-13)14-10-20-15(11-18-14)19-8-12-3-5-17-6-4-12/h1-7,10-11H,8-9H2,(H,19,20)(H,21,22). The summed E-state index contributed by atoms with van der Waals surface area (Å²) in [5.41, 5.74) is 1.34. The Labute approximate surface area is 132 Å². The minimum atomic E-state index is -0.297. The third-order valence-electron chi connectivity index (χ3n) is 3.11. The maximum Gasteiger partial charge on any atom is 0.271 e. The Hall–Kier alpha value is -3.22. The van der Waals surface area contributed by atoms with Crippen LogP contribution in [0, 0.1) is 0 Å². The van der Waals surface area contributed by atoms with Crippen LogP contribution in [0.2, 0.25) is 0 Å². The summed E-state index contributed by atoms with van der Waals surface area (Å²) in [7, 11) is 0. The summed E-state index contributed by atoms with van der Waals surface area (Å²) in [5.74, 6) is 0.987. The van der Waals surface area contributed by atoms with Crippen molar-refractivity contribution in [3.63, 3.8) is 0 Å². The smallest absolute Gasteiger partial charge is 0.271 e. The zero-order valence-electron chi connectivity index (χ0n) is 12.3. The van der Waals surface area contributed by atoms with Gasteiger partial charge < -0.3 is 15.1 Å². The highest BCUT2D eigenvalue weighted by Gasteiger charge is 2.08. The van der Waals surface area contributed by atoms with Crippen molar-refractivity contribution >= 4 is 11.7 Å². The second-order valence-corrected chi connectivity index (χ2v) is 4.76. The predicted molar refractivity (Wildman–Crippen MR) is 83.5 cm³/mol. The third kappa shape index (κ3) is 4.13. The predicted octanol–water partition coefficient (Wildman–Crippen LogP) is 2.01. The van der Waals surface area contributed by atoms with Crippen LogP contribution in [-0.2, 0) is 13.1 Å². The molecule has 0 aliphatic heterocycles. The lowest BCUT2D eigenvalue weighted by molar-refractivity contribution is 0.0942. The maximum atomic E-state index is 11.9. The highest BCUT2D eigenvalue weighted by Crippen LogP contribution is 2.05. The first-order valence-electron chi connectivity index (χ1n) is 7.06. The molecule has 1 amide bonds. The summed E-state index contributed by atoms with van der Waals surface area (Å²) in [6.45, 7) is 0.927. The number of rotatable bonds is 6. The van der Waals surface area contributed by atoms with Gasteiger partial charge in [-0.25, -0.2) is 9.97 Å². The topological polar surface area (TPSA) is 92.9 Å². The van der Waals surface area contributed by atoms with Crippen LogP contribution in [0.5, 0.6) is 0 Å². The van der Waals surface area contributed by atoms with Gasteiger partial charge in [-0.3, -0.25) is 9.78 Å². The molecule has 0 aliphatic rings. The number of pyridine rings is 1.